The van der Waals surface area contributed by atoms with Crippen molar-refractivity contribution in [1.29, 1.82) is 0 Å². The Morgan fingerprint density at radius 1 is 0.205 bits per heavy atom. The third kappa shape index (κ3) is 30.9. The highest BCUT2D eigenvalue weighted by Gasteiger charge is 2.49. The molecule has 0 aliphatic rings. The first-order valence-corrected chi connectivity index (χ1v) is 45.3. The molecule has 682 valence electrons. The van der Waals surface area contributed by atoms with Crippen LogP contribution in [0.5, 0.6) is 0 Å². The second-order valence-electron chi connectivity index (χ2n) is 30.3. The molecule has 0 fully saturated rings. The largest absolute Gasteiger partial charge is 0.413 e. The second-order valence-corrected chi connectivity index (χ2v) is 35.5. The van der Waals surface area contributed by atoms with Gasteiger partial charge in [0, 0.05) is 11.9 Å². The van der Waals surface area contributed by atoms with Gasteiger partial charge in [-0.05, 0) is 72.4 Å². The van der Waals surface area contributed by atoms with Crippen LogP contribution >= 0.6 is 0 Å². The van der Waals surface area contributed by atoms with E-state index in [1.807, 2.05) is 6.20 Å². The Morgan fingerprint density at radius 2 is 0.344 bits per heavy atom. The van der Waals surface area contributed by atoms with Crippen LogP contribution in [0, 0.1) is 175 Å². The van der Waals surface area contributed by atoms with Gasteiger partial charge in [-0.25, -0.2) is 137 Å². The topological polar surface area (TPSA) is 31.9 Å². The molecule has 0 aliphatic carbocycles. The lowest BCUT2D eigenvalue weighted by molar-refractivity contribution is 0.314. The molecule has 35 heteroatoms. The summed E-state index contributed by atoms with van der Waals surface area (Å²) in [5.74, 6) is -89.2. The number of nitrogens with one attached hydrogen (secondary N) is 1. The van der Waals surface area contributed by atoms with E-state index in [9.17, 15) is 132 Å². The normalized spacial score (nSPS) is 11.4. The Hall–Kier alpha value is -6.55. The number of hydrogen-bond donors (Lipinski definition) is 1. The smallest absolute Gasteiger partial charge is 0.348 e. The molecule has 0 atom stereocenters. The Balaban J connectivity index is 0.000000352. The van der Waals surface area contributed by atoms with Gasteiger partial charge in [0.1, 0.15) is 0 Å². The number of halogens is 30. The van der Waals surface area contributed by atoms with Gasteiger partial charge in [0.2, 0.25) is 0 Å². The van der Waals surface area contributed by atoms with E-state index >= 15 is 0 Å². The molecule has 0 amide bonds. The maximum absolute atomic E-state index is 14.4. The molecule has 6 aromatic carbocycles. The van der Waals surface area contributed by atoms with Crippen LogP contribution in [0.15, 0.2) is 12.5 Å². The average Bonchev–Trinajstić information content (AvgIpc) is 0.759. The summed E-state index contributed by atoms with van der Waals surface area (Å²) in [7, 11) is 2.34. The van der Waals surface area contributed by atoms with Crippen LogP contribution in [-0.4, -0.2) is 63.3 Å². The standard InChI is InChI=1S/C37H77N.C14H26N2.6C6F5.2Al/c1-4-6-8-10-12-14-16-18-20-22-24-26-28-30-32-34-36-38(3)37-35-33-31-29-27-25-23-21-19-17-15-13-11-9-7-5-2;1-2-3-4-5-6-7-8-9-10-11-14-12-15-13-16-14;6*7-2-1-3(8)5(10)6(11)4(2)9;;/h4-37H2,1-3H3;12-13H,2-11H2,1H3,(H,15,16);;;;;;;;. The summed E-state index contributed by atoms with van der Waals surface area (Å²) in [6.07, 6.45) is 64.3. The molecule has 0 aliphatic heterocycles. The summed E-state index contributed by atoms with van der Waals surface area (Å²) in [6.45, 7) is 9.52. The molecule has 122 heavy (non-hydrogen) atoms. The fourth-order valence-corrected chi connectivity index (χ4v) is 20.4. The summed E-state index contributed by atoms with van der Waals surface area (Å²) >= 11 is -11.9. The summed E-state index contributed by atoms with van der Waals surface area (Å²) in [4.78, 5) is 9.77. The second kappa shape index (κ2) is 56.5. The number of rotatable bonds is 50. The van der Waals surface area contributed by atoms with Crippen molar-refractivity contribution in [2.45, 2.75) is 290 Å². The average molecular weight is 1810 g/mol. The van der Waals surface area contributed by atoms with Crippen LogP contribution < -0.4 is 26.6 Å². The molecule has 7 rings (SSSR count). The molecule has 7 aromatic rings. The molecule has 0 spiro atoms. The van der Waals surface area contributed by atoms with E-state index in [-0.39, 0.29) is 0 Å². The van der Waals surface area contributed by atoms with Crippen molar-refractivity contribution in [2.75, 3.05) is 20.1 Å². The first-order valence-electron chi connectivity index (χ1n) is 41.8. The van der Waals surface area contributed by atoms with E-state index in [2.05, 4.69) is 42.7 Å². The lowest BCUT2D eigenvalue weighted by Crippen LogP contribution is -2.60. The molecule has 0 bridgehead atoms. The van der Waals surface area contributed by atoms with Crippen molar-refractivity contribution in [2.24, 2.45) is 0 Å². The van der Waals surface area contributed by atoms with Gasteiger partial charge in [0.25, 0.3) is 0 Å². The third-order valence-corrected chi connectivity index (χ3v) is 27.6. The summed E-state index contributed by atoms with van der Waals surface area (Å²) in [5, 5.41) is 0. The highest BCUT2D eigenvalue weighted by molar-refractivity contribution is 6.96. The lowest BCUT2D eigenvalue weighted by Gasteiger charge is -2.20. The van der Waals surface area contributed by atoms with Crippen LogP contribution in [0.4, 0.5) is 132 Å². The molecular formula is C87H103Al2F30N3. The number of H-pyrrole nitrogens is 1. The number of aromatic nitrogens is 2. The first kappa shape index (κ1) is 108. The maximum atomic E-state index is 14.4. The predicted octanol–water partition coefficient (Wildman–Crippen LogP) is 26.5. The Labute approximate surface area is 701 Å². The van der Waals surface area contributed by atoms with Crippen LogP contribution in [0.1, 0.15) is 290 Å². The molecule has 1 heterocycles. The Bertz CT molecular complexity index is 3610. The van der Waals surface area contributed by atoms with Gasteiger partial charge in [-0.1, -0.05) is 265 Å². The van der Waals surface area contributed by atoms with Gasteiger partial charge in [-0.3, -0.25) is 0 Å². The van der Waals surface area contributed by atoms with Crippen molar-refractivity contribution < 1.29 is 132 Å². The van der Waals surface area contributed by atoms with Gasteiger partial charge in [0.15, 0.2) is 175 Å². The van der Waals surface area contributed by atoms with Crippen molar-refractivity contribution in [3.63, 3.8) is 0 Å². The molecular weight excluding hydrogens is 1710 g/mol. The minimum Gasteiger partial charge on any atom is -0.348 e. The molecule has 3 nitrogen and oxygen atoms in total. The van der Waals surface area contributed by atoms with Gasteiger partial charge in [-0.2, -0.15) is 0 Å². The fourth-order valence-electron chi connectivity index (χ4n) is 14.1. The van der Waals surface area contributed by atoms with E-state index in [1.165, 1.54) is 282 Å². The monoisotopic (exact) mass is 1810 g/mol. The van der Waals surface area contributed by atoms with Crippen molar-refractivity contribution in [3.8, 4) is 0 Å². The number of aryl methyl sites for hydroxylation is 1. The van der Waals surface area contributed by atoms with E-state index in [0.29, 0.717) is 0 Å². The number of aromatic amines is 1. The number of hydrogen-bond acceptors (Lipinski definition) is 2. The molecule has 0 radical (unpaired) electrons. The minimum absolute atomic E-state index is 1.16. The van der Waals surface area contributed by atoms with Crippen LogP contribution in [0.2, 0.25) is 0 Å². The SMILES string of the molecule is CCCCCCCCCCCCCCCCCCN(C)CCCCCCCCCCCCCCCCCC.CCCCCCCCCCCc1cnc[nH]1.Fc1c(F)c(F)[c]([Al]([c]2c(F)c(F)c(F)c(F)c2F)[c]2c(F)c(F)c(F)c(F)c2F)c(F)c1F.Fc1c(F)c(F)[c]([Al]([c]2c(F)c(F)c(F)c(F)c2F)[c]2c(F)c(F)c(F)c(F)c2F)c(F)c1F. The lowest BCUT2D eigenvalue weighted by atomic mass is 10.0. The number of benzene rings is 6. The Kier molecular flexibility index (Phi) is 49.9. The maximum Gasteiger partial charge on any atom is 0.413 e. The third-order valence-electron chi connectivity index (χ3n) is 21.1. The van der Waals surface area contributed by atoms with Gasteiger partial charge < -0.3 is 9.88 Å². The fraction of sp³-hybridized carbons (Fsp3) is 0.552. The van der Waals surface area contributed by atoms with Crippen LogP contribution in [0.3, 0.4) is 0 Å². The van der Waals surface area contributed by atoms with E-state index < -0.39 is 229 Å². The molecule has 0 saturated carbocycles. The highest BCUT2D eigenvalue weighted by atomic mass is 27.2. The zero-order chi connectivity index (χ0) is 91.0. The molecule has 1 aromatic heterocycles. The van der Waals surface area contributed by atoms with Gasteiger partial charge in [0.05, 0.1) is 6.33 Å². The van der Waals surface area contributed by atoms with Crippen molar-refractivity contribution in [3.05, 3.63) is 193 Å². The molecule has 0 unspecified atom stereocenters. The van der Waals surface area contributed by atoms with Crippen LogP contribution in [0.25, 0.3) is 0 Å². The van der Waals surface area contributed by atoms with Crippen molar-refractivity contribution in [1.82, 2.24) is 14.9 Å². The predicted molar refractivity (Wildman–Crippen MR) is 413 cm³/mol. The Morgan fingerprint density at radius 3 is 0.492 bits per heavy atom. The first-order chi connectivity index (χ1) is 58.1. The summed E-state index contributed by atoms with van der Waals surface area (Å²) < 4.78 is 403. The minimum atomic E-state index is -5.96. The molecule has 0 saturated heterocycles. The van der Waals surface area contributed by atoms with E-state index in [1.54, 1.807) is 6.33 Å². The van der Waals surface area contributed by atoms with E-state index in [0.717, 1.165) is 6.42 Å². The number of unbranched alkanes of at least 4 members (excludes halogenated alkanes) is 38. The quantitative estimate of drug-likeness (QED) is 0.0135. The van der Waals surface area contributed by atoms with Crippen molar-refractivity contribution >= 4 is 54.8 Å². The molecule has 1 N–H and O–H groups in total. The summed E-state index contributed by atoms with van der Waals surface area (Å²) in [5.41, 5.74) is 1.28. The zero-order valence-electron chi connectivity index (χ0n) is 68.7. The van der Waals surface area contributed by atoms with Gasteiger partial charge in [-0.15, -0.1) is 0 Å². The van der Waals surface area contributed by atoms with E-state index in [4.69, 9.17) is 0 Å². The number of imidazole rings is 1. The van der Waals surface area contributed by atoms with Gasteiger partial charge >= 0.3 is 28.3 Å². The zero-order valence-corrected chi connectivity index (χ0v) is 71.0. The summed E-state index contributed by atoms with van der Waals surface area (Å²) in [6, 6.07) is 0. The van der Waals surface area contributed by atoms with Crippen LogP contribution in [-0.2, 0) is 6.42 Å². The highest BCUT2D eigenvalue weighted by Crippen LogP contribution is 2.29. The number of nitrogens with zero attached hydrogens (tertiary/aromatic N) is 2.